The summed E-state index contributed by atoms with van der Waals surface area (Å²) in [6.07, 6.45) is 16.2. The van der Waals surface area contributed by atoms with Gasteiger partial charge in [-0.3, -0.25) is 9.59 Å². The SMILES string of the molecule is CC(C=CC=C(C)Cc1ccoc1)=CC=CC(C)=CC1OC(=O)C(=O)C1=O. The molecule has 1 atom stereocenters. The highest BCUT2D eigenvalue weighted by Crippen LogP contribution is 2.12. The number of carbonyl (C=O) groups excluding carboxylic acids is 3. The zero-order valence-corrected chi connectivity index (χ0v) is 15.6. The maximum atomic E-state index is 11.5. The van der Waals surface area contributed by atoms with Gasteiger partial charge < -0.3 is 9.15 Å². The summed E-state index contributed by atoms with van der Waals surface area (Å²) >= 11 is 0. The van der Waals surface area contributed by atoms with Gasteiger partial charge >= 0.3 is 11.8 Å². The Bertz CT molecular complexity index is 861. The van der Waals surface area contributed by atoms with E-state index in [-0.39, 0.29) is 0 Å². The highest BCUT2D eigenvalue weighted by molar-refractivity contribution is 6.65. The second-order valence-corrected chi connectivity index (χ2v) is 6.38. The molecule has 1 aliphatic rings. The first-order valence-electron chi connectivity index (χ1n) is 8.54. The first-order valence-corrected chi connectivity index (χ1v) is 8.54. The van der Waals surface area contributed by atoms with Crippen LogP contribution in [0, 0.1) is 0 Å². The first-order chi connectivity index (χ1) is 12.9. The third-order valence-corrected chi connectivity index (χ3v) is 3.84. The fraction of sp³-hybridized carbons (Fsp3) is 0.227. The topological polar surface area (TPSA) is 73.6 Å². The van der Waals surface area contributed by atoms with Crippen molar-refractivity contribution in [3.8, 4) is 0 Å². The van der Waals surface area contributed by atoms with Gasteiger partial charge in [0.1, 0.15) is 0 Å². The van der Waals surface area contributed by atoms with Crippen molar-refractivity contribution < 1.29 is 23.5 Å². The molecule has 0 N–H and O–H groups in total. The van der Waals surface area contributed by atoms with Crippen molar-refractivity contribution in [3.05, 3.63) is 83.4 Å². The van der Waals surface area contributed by atoms with Crippen molar-refractivity contribution in [2.45, 2.75) is 33.3 Å². The lowest BCUT2D eigenvalue weighted by atomic mass is 10.1. The largest absolute Gasteiger partial charge is 0.472 e. The van der Waals surface area contributed by atoms with Crippen LogP contribution in [0.3, 0.4) is 0 Å². The molecule has 140 valence electrons. The Morgan fingerprint density at radius 2 is 1.74 bits per heavy atom. The lowest BCUT2D eigenvalue weighted by molar-refractivity contribution is -0.148. The minimum absolute atomic E-state index is 0.722. The summed E-state index contributed by atoms with van der Waals surface area (Å²) in [5.41, 5.74) is 4.13. The Labute approximate surface area is 158 Å². The van der Waals surface area contributed by atoms with Gasteiger partial charge in [0.2, 0.25) is 0 Å². The summed E-state index contributed by atoms with van der Waals surface area (Å²) in [5, 5.41) is 0. The van der Waals surface area contributed by atoms with Crippen molar-refractivity contribution in [2.24, 2.45) is 0 Å². The second-order valence-electron chi connectivity index (χ2n) is 6.38. The van der Waals surface area contributed by atoms with E-state index in [1.54, 1.807) is 25.5 Å². The predicted octanol–water partition coefficient (Wildman–Crippen LogP) is 3.84. The van der Waals surface area contributed by atoms with E-state index in [4.69, 9.17) is 9.15 Å². The zero-order chi connectivity index (χ0) is 19.8. The van der Waals surface area contributed by atoms with Crippen LogP contribution in [-0.2, 0) is 25.5 Å². The number of furan rings is 1. The Kier molecular flexibility index (Phi) is 7.06. The van der Waals surface area contributed by atoms with Crippen LogP contribution >= 0.6 is 0 Å². The van der Waals surface area contributed by atoms with Crippen molar-refractivity contribution in [1.82, 2.24) is 0 Å². The summed E-state index contributed by atoms with van der Waals surface area (Å²) in [6, 6.07) is 1.95. The Morgan fingerprint density at radius 3 is 2.37 bits per heavy atom. The predicted molar refractivity (Wildman–Crippen MR) is 102 cm³/mol. The van der Waals surface area contributed by atoms with E-state index in [1.165, 1.54) is 11.6 Å². The Balaban J connectivity index is 1.88. The van der Waals surface area contributed by atoms with Gasteiger partial charge in [-0.05, 0) is 44.9 Å². The lowest BCUT2D eigenvalue weighted by Gasteiger charge is -2.00. The summed E-state index contributed by atoms with van der Waals surface area (Å²) in [7, 11) is 0. The third-order valence-electron chi connectivity index (χ3n) is 3.84. The molecule has 0 aromatic carbocycles. The highest BCUT2D eigenvalue weighted by atomic mass is 16.6. The number of esters is 1. The number of cyclic esters (lactones) is 1. The summed E-state index contributed by atoms with van der Waals surface area (Å²) in [4.78, 5) is 33.7. The molecule has 1 unspecified atom stereocenters. The van der Waals surface area contributed by atoms with Gasteiger partial charge in [0.25, 0.3) is 5.78 Å². The molecule has 2 rings (SSSR count). The molecule has 1 aromatic heterocycles. The van der Waals surface area contributed by atoms with Gasteiger partial charge in [0.15, 0.2) is 6.10 Å². The van der Waals surface area contributed by atoms with Crippen molar-refractivity contribution in [3.63, 3.8) is 0 Å². The van der Waals surface area contributed by atoms with E-state index in [2.05, 4.69) is 13.0 Å². The molecule has 1 aromatic rings. The number of carbonyl (C=O) groups is 3. The molecule has 0 saturated carbocycles. The molecule has 5 nitrogen and oxygen atoms in total. The van der Waals surface area contributed by atoms with Crippen LogP contribution in [0.2, 0.25) is 0 Å². The fourth-order valence-corrected chi connectivity index (χ4v) is 2.40. The summed E-state index contributed by atoms with van der Waals surface area (Å²) in [5.74, 6) is -3.00. The number of ether oxygens (including phenoxy) is 1. The van der Waals surface area contributed by atoms with Crippen LogP contribution in [-0.4, -0.2) is 23.6 Å². The van der Waals surface area contributed by atoms with E-state index >= 15 is 0 Å². The monoisotopic (exact) mass is 366 g/mol. The number of allylic oxidation sites excluding steroid dienone is 9. The number of Topliss-reactive ketones (excluding diaryl/α,β-unsaturated/α-hetero) is 2. The molecule has 0 spiro atoms. The second kappa shape index (κ2) is 9.48. The van der Waals surface area contributed by atoms with Crippen LogP contribution in [0.1, 0.15) is 26.3 Å². The van der Waals surface area contributed by atoms with Gasteiger partial charge in [-0.2, -0.15) is 0 Å². The molecule has 1 saturated heterocycles. The molecular formula is C22H22O5. The van der Waals surface area contributed by atoms with Crippen LogP contribution < -0.4 is 0 Å². The van der Waals surface area contributed by atoms with E-state index < -0.39 is 23.6 Å². The van der Waals surface area contributed by atoms with Crippen molar-refractivity contribution in [2.75, 3.05) is 0 Å². The molecule has 1 fully saturated rings. The third kappa shape index (κ3) is 6.22. The van der Waals surface area contributed by atoms with Gasteiger partial charge in [0.05, 0.1) is 12.5 Å². The lowest BCUT2D eigenvalue weighted by Crippen LogP contribution is -2.18. The maximum Gasteiger partial charge on any atom is 0.384 e. The number of hydrogen-bond donors (Lipinski definition) is 0. The molecule has 0 amide bonds. The summed E-state index contributed by atoms with van der Waals surface area (Å²) < 4.78 is 9.76. The smallest absolute Gasteiger partial charge is 0.384 e. The minimum Gasteiger partial charge on any atom is -0.472 e. The molecule has 0 bridgehead atoms. The average molecular weight is 366 g/mol. The van der Waals surface area contributed by atoms with Gasteiger partial charge in [-0.25, -0.2) is 4.79 Å². The zero-order valence-electron chi connectivity index (χ0n) is 15.6. The highest BCUT2D eigenvalue weighted by Gasteiger charge is 2.40. The van der Waals surface area contributed by atoms with E-state index in [9.17, 15) is 14.4 Å². The number of rotatable bonds is 7. The molecule has 0 aliphatic carbocycles. The van der Waals surface area contributed by atoms with Gasteiger partial charge in [-0.1, -0.05) is 53.2 Å². The molecule has 2 heterocycles. The number of hydrogen-bond acceptors (Lipinski definition) is 5. The number of ketones is 2. The fourth-order valence-electron chi connectivity index (χ4n) is 2.40. The Hall–Kier alpha value is -3.21. The van der Waals surface area contributed by atoms with E-state index in [1.807, 2.05) is 37.3 Å². The minimum atomic E-state index is -1.11. The molecular weight excluding hydrogens is 344 g/mol. The maximum absolute atomic E-state index is 11.5. The normalized spacial score (nSPS) is 19.6. The van der Waals surface area contributed by atoms with Crippen LogP contribution in [0.5, 0.6) is 0 Å². The Morgan fingerprint density at radius 1 is 1.04 bits per heavy atom. The van der Waals surface area contributed by atoms with Crippen molar-refractivity contribution >= 4 is 17.5 Å². The first kappa shape index (κ1) is 20.1. The van der Waals surface area contributed by atoms with Gasteiger partial charge in [-0.15, -0.1) is 0 Å². The van der Waals surface area contributed by atoms with Crippen LogP contribution in [0.4, 0.5) is 0 Å². The van der Waals surface area contributed by atoms with Crippen LogP contribution in [0.25, 0.3) is 0 Å². The van der Waals surface area contributed by atoms with Crippen LogP contribution in [0.15, 0.2) is 82.3 Å². The molecule has 27 heavy (non-hydrogen) atoms. The molecule has 1 aliphatic heterocycles. The average Bonchev–Trinajstić information content (AvgIpc) is 3.19. The van der Waals surface area contributed by atoms with E-state index in [0.29, 0.717) is 0 Å². The standard InChI is InChI=1S/C22H22O5/c1-15(6-4-8-16(2)12-18-10-11-26-14-18)7-5-9-17(3)13-19-20(23)21(24)22(25)27-19/h4-11,13-14,19H,12H2,1-3H3. The molecule has 5 heteroatoms. The quantitative estimate of drug-likeness (QED) is 0.416. The molecule has 0 radical (unpaired) electrons. The summed E-state index contributed by atoms with van der Waals surface area (Å²) in [6.45, 7) is 5.80. The van der Waals surface area contributed by atoms with Crippen molar-refractivity contribution in [1.29, 1.82) is 0 Å². The van der Waals surface area contributed by atoms with Gasteiger partial charge in [0, 0.05) is 0 Å². The van der Waals surface area contributed by atoms with E-state index in [0.717, 1.165) is 23.1 Å².